The van der Waals surface area contributed by atoms with Gasteiger partial charge in [0.2, 0.25) is 11.0 Å². The summed E-state index contributed by atoms with van der Waals surface area (Å²) in [5.41, 5.74) is 2.36. The minimum absolute atomic E-state index is 0.292. The lowest BCUT2D eigenvalue weighted by Crippen LogP contribution is -2.43. The number of likely N-dealkylation sites (tertiary alicyclic amines) is 1. The van der Waals surface area contributed by atoms with Crippen LogP contribution < -0.4 is 10.2 Å². The fourth-order valence-electron chi connectivity index (χ4n) is 2.80. The van der Waals surface area contributed by atoms with Crippen molar-refractivity contribution in [2.75, 3.05) is 44.7 Å². The Balaban J connectivity index is 0.000000219. The van der Waals surface area contributed by atoms with E-state index >= 15 is 0 Å². The molecule has 2 aliphatic heterocycles. The van der Waals surface area contributed by atoms with Crippen LogP contribution in [0.2, 0.25) is 0 Å². The van der Waals surface area contributed by atoms with Crippen molar-refractivity contribution >= 4 is 22.6 Å². The van der Waals surface area contributed by atoms with Gasteiger partial charge in [-0.2, -0.15) is 9.36 Å². The number of carbonyl (C=O) groups excluding carboxylic acids is 1. The second kappa shape index (κ2) is 8.40. The van der Waals surface area contributed by atoms with Gasteiger partial charge < -0.3 is 15.1 Å². The Bertz CT molecular complexity index is 694. The zero-order valence-electron chi connectivity index (χ0n) is 14.9. The topological polar surface area (TPSA) is 61.4 Å². The standard InChI is InChI=1S/C13H16N4S.C5H9NO/c1-10-2-4-11(5-3-10)12-15-13(18-16-12)17-8-6-14-7-9-17;1-6-4-2-3-5(6)7/h2-5,14H,6-9H2,1H3;2-4H2,1H3. The highest BCUT2D eigenvalue weighted by Crippen LogP contribution is 2.24. The summed E-state index contributed by atoms with van der Waals surface area (Å²) in [5.74, 6) is 1.13. The van der Waals surface area contributed by atoms with Crippen LogP contribution in [0.15, 0.2) is 24.3 Å². The monoisotopic (exact) mass is 359 g/mol. The van der Waals surface area contributed by atoms with Crippen molar-refractivity contribution in [2.24, 2.45) is 0 Å². The largest absolute Gasteiger partial charge is 0.346 e. The van der Waals surface area contributed by atoms with Crippen molar-refractivity contribution in [2.45, 2.75) is 19.8 Å². The summed E-state index contributed by atoms with van der Waals surface area (Å²) in [5, 5.41) is 4.38. The van der Waals surface area contributed by atoms with Crippen molar-refractivity contribution < 1.29 is 4.79 Å². The van der Waals surface area contributed by atoms with Gasteiger partial charge in [-0.05, 0) is 13.3 Å². The van der Waals surface area contributed by atoms with Crippen LogP contribution in [0.3, 0.4) is 0 Å². The van der Waals surface area contributed by atoms with E-state index in [1.54, 1.807) is 4.90 Å². The quantitative estimate of drug-likeness (QED) is 0.890. The third-order valence-electron chi connectivity index (χ3n) is 4.42. The van der Waals surface area contributed by atoms with E-state index in [9.17, 15) is 4.79 Å². The van der Waals surface area contributed by atoms with Crippen molar-refractivity contribution in [3.8, 4) is 11.4 Å². The predicted octanol–water partition coefficient (Wildman–Crippen LogP) is 2.16. The molecule has 0 saturated carbocycles. The molecule has 0 bridgehead atoms. The number of nitrogens with zero attached hydrogens (tertiary/aromatic N) is 4. The Morgan fingerprint density at radius 2 is 1.84 bits per heavy atom. The number of carbonyl (C=O) groups is 1. The number of hydrogen-bond donors (Lipinski definition) is 1. The maximum atomic E-state index is 10.5. The second-order valence-corrected chi connectivity index (χ2v) is 7.15. The summed E-state index contributed by atoms with van der Waals surface area (Å²) in [6, 6.07) is 8.36. The summed E-state index contributed by atoms with van der Waals surface area (Å²) in [6.07, 6.45) is 1.81. The van der Waals surface area contributed by atoms with Crippen LogP contribution in [0, 0.1) is 6.92 Å². The Morgan fingerprint density at radius 1 is 1.12 bits per heavy atom. The molecule has 6 nitrogen and oxygen atoms in total. The number of aromatic nitrogens is 2. The van der Waals surface area contributed by atoms with Crippen molar-refractivity contribution in [1.29, 1.82) is 0 Å². The second-order valence-electron chi connectivity index (χ2n) is 6.42. The zero-order valence-corrected chi connectivity index (χ0v) is 15.7. The van der Waals surface area contributed by atoms with Gasteiger partial charge in [-0.3, -0.25) is 4.79 Å². The fourth-order valence-corrected chi connectivity index (χ4v) is 3.54. The van der Waals surface area contributed by atoms with Gasteiger partial charge in [0.1, 0.15) is 0 Å². The third kappa shape index (κ3) is 4.76. The summed E-state index contributed by atoms with van der Waals surface area (Å²) < 4.78 is 4.46. The number of anilines is 1. The number of rotatable bonds is 2. The van der Waals surface area contributed by atoms with Crippen molar-refractivity contribution in [1.82, 2.24) is 19.6 Å². The van der Waals surface area contributed by atoms with Crippen LogP contribution in [0.1, 0.15) is 18.4 Å². The molecule has 0 aliphatic carbocycles. The molecule has 4 rings (SSSR count). The highest BCUT2D eigenvalue weighted by molar-refractivity contribution is 7.09. The molecule has 1 aromatic heterocycles. The average Bonchev–Trinajstić information content (AvgIpc) is 3.27. The van der Waals surface area contributed by atoms with Crippen molar-refractivity contribution in [3.05, 3.63) is 29.8 Å². The van der Waals surface area contributed by atoms with Gasteiger partial charge in [0.05, 0.1) is 0 Å². The summed E-state index contributed by atoms with van der Waals surface area (Å²) >= 11 is 1.49. The van der Waals surface area contributed by atoms with E-state index < -0.39 is 0 Å². The van der Waals surface area contributed by atoms with Gasteiger partial charge in [0.15, 0.2) is 5.82 Å². The number of benzene rings is 1. The van der Waals surface area contributed by atoms with Crippen LogP contribution in [-0.2, 0) is 4.79 Å². The predicted molar refractivity (Wildman–Crippen MR) is 102 cm³/mol. The Hall–Kier alpha value is -1.99. The third-order valence-corrected chi connectivity index (χ3v) is 5.20. The van der Waals surface area contributed by atoms with E-state index in [2.05, 4.69) is 50.8 Å². The Morgan fingerprint density at radius 3 is 2.40 bits per heavy atom. The number of nitrogens with one attached hydrogen (secondary N) is 1. The maximum absolute atomic E-state index is 10.5. The van der Waals surface area contributed by atoms with Gasteiger partial charge >= 0.3 is 0 Å². The SMILES string of the molecule is CN1CCCC1=O.Cc1ccc(-c2nsc(N3CCNCC3)n2)cc1. The lowest BCUT2D eigenvalue weighted by molar-refractivity contribution is -0.126. The summed E-state index contributed by atoms with van der Waals surface area (Å²) in [6.45, 7) is 7.13. The van der Waals surface area contributed by atoms with Gasteiger partial charge in [-0.1, -0.05) is 29.8 Å². The molecule has 25 heavy (non-hydrogen) atoms. The first-order valence-electron chi connectivity index (χ1n) is 8.74. The number of aryl methyl sites for hydroxylation is 1. The molecule has 1 N–H and O–H groups in total. The van der Waals surface area contributed by atoms with Gasteiger partial charge in [-0.25, -0.2) is 0 Å². The smallest absolute Gasteiger partial charge is 0.222 e. The Labute approximate surface area is 153 Å². The first-order valence-corrected chi connectivity index (χ1v) is 9.51. The molecule has 3 heterocycles. The summed E-state index contributed by atoms with van der Waals surface area (Å²) in [4.78, 5) is 19.2. The van der Waals surface area contributed by atoms with E-state index in [4.69, 9.17) is 0 Å². The average molecular weight is 359 g/mol. The van der Waals surface area contributed by atoms with Crippen LogP contribution in [0.4, 0.5) is 5.13 Å². The maximum Gasteiger partial charge on any atom is 0.222 e. The van der Waals surface area contributed by atoms with E-state index in [-0.39, 0.29) is 0 Å². The first kappa shape index (κ1) is 17.8. The molecule has 1 aromatic carbocycles. The van der Waals surface area contributed by atoms with Gasteiger partial charge in [-0.15, -0.1) is 0 Å². The molecular weight excluding hydrogens is 334 g/mol. The molecule has 1 amide bonds. The molecule has 7 heteroatoms. The number of amides is 1. The molecule has 2 aliphatic rings. The molecule has 2 saturated heterocycles. The lowest BCUT2D eigenvalue weighted by Gasteiger charge is -2.26. The molecule has 0 atom stereocenters. The highest BCUT2D eigenvalue weighted by Gasteiger charge is 2.15. The minimum atomic E-state index is 0.292. The molecule has 2 fully saturated rings. The minimum Gasteiger partial charge on any atom is -0.346 e. The first-order chi connectivity index (χ1) is 12.1. The fraction of sp³-hybridized carbons (Fsp3) is 0.500. The molecule has 0 spiro atoms. The van der Waals surface area contributed by atoms with Gasteiger partial charge in [0.25, 0.3) is 0 Å². The van der Waals surface area contributed by atoms with E-state index in [0.717, 1.165) is 62.1 Å². The van der Waals surface area contributed by atoms with Crippen LogP contribution >= 0.6 is 11.5 Å². The highest BCUT2D eigenvalue weighted by atomic mass is 32.1. The van der Waals surface area contributed by atoms with E-state index in [0.29, 0.717) is 5.91 Å². The van der Waals surface area contributed by atoms with E-state index in [1.807, 2.05) is 7.05 Å². The van der Waals surface area contributed by atoms with Crippen LogP contribution in [-0.4, -0.2) is 59.9 Å². The molecular formula is C18H25N5OS. The lowest BCUT2D eigenvalue weighted by atomic mass is 10.1. The molecule has 134 valence electrons. The number of piperazine rings is 1. The normalized spacial score (nSPS) is 17.4. The molecule has 0 unspecified atom stereocenters. The Kier molecular flexibility index (Phi) is 5.99. The van der Waals surface area contributed by atoms with Crippen LogP contribution in [0.5, 0.6) is 0 Å². The van der Waals surface area contributed by atoms with Crippen molar-refractivity contribution in [3.63, 3.8) is 0 Å². The number of hydrogen-bond acceptors (Lipinski definition) is 6. The van der Waals surface area contributed by atoms with Gasteiger partial charge in [0, 0.05) is 63.3 Å². The summed E-state index contributed by atoms with van der Waals surface area (Å²) in [7, 11) is 1.84. The molecule has 2 aromatic rings. The zero-order chi connectivity index (χ0) is 17.6. The van der Waals surface area contributed by atoms with Crippen LogP contribution in [0.25, 0.3) is 11.4 Å². The molecule has 0 radical (unpaired) electrons. The van der Waals surface area contributed by atoms with E-state index in [1.165, 1.54) is 17.1 Å².